The Morgan fingerprint density at radius 2 is 1.93 bits per heavy atom. The molecule has 1 aliphatic heterocycles. The predicted octanol–water partition coefficient (Wildman–Crippen LogP) is 3.25. The second-order valence-electron chi connectivity index (χ2n) is 7.83. The smallest absolute Gasteiger partial charge is 0.253 e. The van der Waals surface area contributed by atoms with Gasteiger partial charge in [-0.25, -0.2) is 0 Å². The van der Waals surface area contributed by atoms with Crippen LogP contribution in [0.15, 0.2) is 28.8 Å². The van der Waals surface area contributed by atoms with Crippen molar-refractivity contribution in [1.82, 2.24) is 19.9 Å². The lowest BCUT2D eigenvalue weighted by molar-refractivity contribution is 0.0795. The molecule has 1 aromatic heterocycles. The van der Waals surface area contributed by atoms with Crippen LogP contribution in [0, 0.1) is 0 Å². The van der Waals surface area contributed by atoms with E-state index in [-0.39, 0.29) is 5.91 Å². The van der Waals surface area contributed by atoms with Gasteiger partial charge in [0.25, 0.3) is 5.91 Å². The Balaban J connectivity index is 1.28. The van der Waals surface area contributed by atoms with Gasteiger partial charge in [-0.05, 0) is 56.5 Å². The molecule has 0 unspecified atom stereocenters. The summed E-state index contributed by atoms with van der Waals surface area (Å²) in [6.07, 6.45) is 6.85. The molecule has 4 rings (SSSR count). The maximum Gasteiger partial charge on any atom is 0.253 e. The zero-order chi connectivity index (χ0) is 18.6. The van der Waals surface area contributed by atoms with E-state index in [2.05, 4.69) is 27.2 Å². The Hall–Kier alpha value is -2.21. The Morgan fingerprint density at radius 1 is 1.19 bits per heavy atom. The van der Waals surface area contributed by atoms with Crippen LogP contribution < -0.4 is 0 Å². The summed E-state index contributed by atoms with van der Waals surface area (Å²) in [6.45, 7) is 3.92. The molecule has 0 spiro atoms. The van der Waals surface area contributed by atoms with Gasteiger partial charge in [-0.2, -0.15) is 4.98 Å². The molecule has 1 saturated carbocycles. The van der Waals surface area contributed by atoms with Crippen LogP contribution in [0.3, 0.4) is 0 Å². The second kappa shape index (κ2) is 8.21. The molecule has 0 bridgehead atoms. The van der Waals surface area contributed by atoms with Crippen LogP contribution in [0.5, 0.6) is 0 Å². The fourth-order valence-electron chi connectivity index (χ4n) is 3.58. The van der Waals surface area contributed by atoms with Crippen molar-refractivity contribution in [1.29, 1.82) is 0 Å². The van der Waals surface area contributed by atoms with Crippen LogP contribution in [-0.4, -0.2) is 52.5 Å². The highest BCUT2D eigenvalue weighted by molar-refractivity contribution is 5.94. The molecule has 6 heteroatoms. The highest BCUT2D eigenvalue weighted by Crippen LogP contribution is 2.38. The number of aromatic nitrogens is 2. The Bertz CT molecular complexity index is 761. The molecule has 0 atom stereocenters. The molecular weight excluding hydrogens is 340 g/mol. The lowest BCUT2D eigenvalue weighted by atomic mass is 10.1. The minimum atomic E-state index is 0.0328. The van der Waals surface area contributed by atoms with Gasteiger partial charge in [-0.1, -0.05) is 23.7 Å². The normalized spacial score (nSPS) is 17.8. The third kappa shape index (κ3) is 4.75. The lowest BCUT2D eigenvalue weighted by Gasteiger charge is -2.26. The molecule has 144 valence electrons. The summed E-state index contributed by atoms with van der Waals surface area (Å²) in [4.78, 5) is 21.3. The molecule has 6 nitrogen and oxygen atoms in total. The van der Waals surface area contributed by atoms with Crippen molar-refractivity contribution in [3.05, 3.63) is 47.1 Å². The standard InChI is InChI=1S/C21H28N4O2/c1-24(14-11-19-22-20(27-23-19)17-9-10-17)21(26)18-7-5-16(6-8-18)15-25-12-3-2-4-13-25/h5-8,17H,2-4,9-15H2,1H3. The summed E-state index contributed by atoms with van der Waals surface area (Å²) < 4.78 is 5.27. The van der Waals surface area contributed by atoms with E-state index in [0.29, 0.717) is 24.7 Å². The lowest BCUT2D eigenvalue weighted by Crippen LogP contribution is -2.30. The number of hydrogen-bond donors (Lipinski definition) is 0. The average molecular weight is 368 g/mol. The van der Waals surface area contributed by atoms with Gasteiger partial charge >= 0.3 is 0 Å². The topological polar surface area (TPSA) is 62.5 Å². The Kier molecular flexibility index (Phi) is 5.53. The number of hydrogen-bond acceptors (Lipinski definition) is 5. The van der Waals surface area contributed by atoms with Gasteiger partial charge in [0.2, 0.25) is 5.89 Å². The molecule has 0 radical (unpaired) electrons. The van der Waals surface area contributed by atoms with E-state index in [1.165, 1.54) is 37.9 Å². The number of amides is 1. The second-order valence-corrected chi connectivity index (χ2v) is 7.83. The van der Waals surface area contributed by atoms with Crippen molar-refractivity contribution in [2.24, 2.45) is 0 Å². The van der Waals surface area contributed by atoms with Crippen molar-refractivity contribution in [2.75, 3.05) is 26.7 Å². The number of piperidine rings is 1. The molecule has 1 saturated heterocycles. The van der Waals surface area contributed by atoms with E-state index in [4.69, 9.17) is 4.52 Å². The Morgan fingerprint density at radius 3 is 2.63 bits per heavy atom. The summed E-state index contributed by atoms with van der Waals surface area (Å²) in [5.74, 6) is 1.94. The largest absolute Gasteiger partial charge is 0.341 e. The minimum Gasteiger partial charge on any atom is -0.341 e. The summed E-state index contributed by atoms with van der Waals surface area (Å²) in [5.41, 5.74) is 2.00. The third-order valence-electron chi connectivity index (χ3n) is 5.48. The van der Waals surface area contributed by atoms with Crippen LogP contribution >= 0.6 is 0 Å². The summed E-state index contributed by atoms with van der Waals surface area (Å²) in [6, 6.07) is 8.04. The molecular formula is C21H28N4O2. The maximum atomic E-state index is 12.6. The zero-order valence-corrected chi connectivity index (χ0v) is 16.1. The molecule has 2 aromatic rings. The first-order chi connectivity index (χ1) is 13.2. The number of rotatable bonds is 7. The van der Waals surface area contributed by atoms with Gasteiger partial charge in [0.05, 0.1) is 0 Å². The number of nitrogens with zero attached hydrogens (tertiary/aromatic N) is 4. The number of carbonyl (C=O) groups excluding carboxylic acids is 1. The summed E-state index contributed by atoms with van der Waals surface area (Å²) in [5, 5.41) is 4.02. The highest BCUT2D eigenvalue weighted by atomic mass is 16.5. The number of carbonyl (C=O) groups is 1. The third-order valence-corrected chi connectivity index (χ3v) is 5.48. The summed E-state index contributed by atoms with van der Waals surface area (Å²) >= 11 is 0. The van der Waals surface area contributed by atoms with E-state index >= 15 is 0 Å². The number of benzene rings is 1. The maximum absolute atomic E-state index is 12.6. The van der Waals surface area contributed by atoms with Crippen LogP contribution in [0.25, 0.3) is 0 Å². The van der Waals surface area contributed by atoms with Crippen LogP contribution in [-0.2, 0) is 13.0 Å². The molecule has 27 heavy (non-hydrogen) atoms. The van der Waals surface area contributed by atoms with Crippen molar-refractivity contribution in [3.63, 3.8) is 0 Å². The zero-order valence-electron chi connectivity index (χ0n) is 16.1. The van der Waals surface area contributed by atoms with Gasteiger partial charge in [-0.15, -0.1) is 0 Å². The molecule has 1 aromatic carbocycles. The predicted molar refractivity (Wildman–Crippen MR) is 103 cm³/mol. The van der Waals surface area contributed by atoms with E-state index < -0.39 is 0 Å². The summed E-state index contributed by atoms with van der Waals surface area (Å²) in [7, 11) is 1.83. The SMILES string of the molecule is CN(CCc1noc(C2CC2)n1)C(=O)c1ccc(CN2CCCCC2)cc1. The molecule has 1 amide bonds. The van der Waals surface area contributed by atoms with E-state index in [9.17, 15) is 4.79 Å². The van der Waals surface area contributed by atoms with Gasteiger partial charge in [0, 0.05) is 38.0 Å². The fraction of sp³-hybridized carbons (Fsp3) is 0.571. The van der Waals surface area contributed by atoms with Crippen LogP contribution in [0.1, 0.15) is 65.7 Å². The Labute approximate surface area is 160 Å². The van der Waals surface area contributed by atoms with E-state index in [1.807, 2.05) is 19.2 Å². The first-order valence-corrected chi connectivity index (χ1v) is 10.1. The minimum absolute atomic E-state index is 0.0328. The molecule has 2 aliphatic rings. The molecule has 2 heterocycles. The van der Waals surface area contributed by atoms with Crippen molar-refractivity contribution < 1.29 is 9.32 Å². The first kappa shape index (κ1) is 18.2. The van der Waals surface area contributed by atoms with E-state index in [0.717, 1.165) is 30.8 Å². The first-order valence-electron chi connectivity index (χ1n) is 10.1. The molecule has 2 fully saturated rings. The van der Waals surface area contributed by atoms with E-state index in [1.54, 1.807) is 4.90 Å². The van der Waals surface area contributed by atoms with Gasteiger partial charge in [-0.3, -0.25) is 9.69 Å². The van der Waals surface area contributed by atoms with Crippen molar-refractivity contribution in [2.45, 2.75) is 51.0 Å². The fourth-order valence-corrected chi connectivity index (χ4v) is 3.58. The highest BCUT2D eigenvalue weighted by Gasteiger charge is 2.29. The van der Waals surface area contributed by atoms with Crippen molar-refractivity contribution >= 4 is 5.91 Å². The average Bonchev–Trinajstić information content (AvgIpc) is 3.45. The van der Waals surface area contributed by atoms with Crippen LogP contribution in [0.4, 0.5) is 0 Å². The van der Waals surface area contributed by atoms with Gasteiger partial charge in [0.1, 0.15) is 0 Å². The monoisotopic (exact) mass is 368 g/mol. The van der Waals surface area contributed by atoms with Gasteiger partial charge < -0.3 is 9.42 Å². The van der Waals surface area contributed by atoms with Crippen molar-refractivity contribution in [3.8, 4) is 0 Å². The molecule has 1 aliphatic carbocycles. The number of likely N-dealkylation sites (tertiary alicyclic amines) is 1. The molecule has 0 N–H and O–H groups in total. The quantitative estimate of drug-likeness (QED) is 0.751. The van der Waals surface area contributed by atoms with Crippen LogP contribution in [0.2, 0.25) is 0 Å². The van der Waals surface area contributed by atoms with Gasteiger partial charge in [0.15, 0.2) is 5.82 Å². The number of likely N-dealkylation sites (N-methyl/N-ethyl adjacent to an activating group) is 1.